The van der Waals surface area contributed by atoms with Crippen molar-refractivity contribution in [2.45, 2.75) is 6.42 Å². The van der Waals surface area contributed by atoms with E-state index in [4.69, 9.17) is 23.2 Å². The van der Waals surface area contributed by atoms with Gasteiger partial charge in [0.05, 0.1) is 5.56 Å². The number of hydrogen-bond acceptors (Lipinski definition) is 1. The molecule has 112 valence electrons. The molecule has 22 heavy (non-hydrogen) atoms. The topological polar surface area (TPSA) is 44.9 Å². The first kappa shape index (κ1) is 14.9. The van der Waals surface area contributed by atoms with Crippen LogP contribution in [0, 0.1) is 0 Å². The van der Waals surface area contributed by atoms with Gasteiger partial charge in [0.15, 0.2) is 0 Å². The van der Waals surface area contributed by atoms with E-state index in [1.54, 1.807) is 18.3 Å². The molecule has 0 saturated carbocycles. The van der Waals surface area contributed by atoms with Gasteiger partial charge in [0.2, 0.25) is 0 Å². The minimum absolute atomic E-state index is 0.101. The van der Waals surface area contributed by atoms with Gasteiger partial charge in [-0.25, -0.2) is 0 Å². The number of hydrogen-bond donors (Lipinski definition) is 2. The lowest BCUT2D eigenvalue weighted by atomic mass is 10.1. The Balaban J connectivity index is 1.66. The molecule has 2 N–H and O–H groups in total. The van der Waals surface area contributed by atoms with Crippen LogP contribution in [0.2, 0.25) is 10.0 Å². The minimum atomic E-state index is -0.101. The molecule has 0 bridgehead atoms. The number of rotatable bonds is 4. The largest absolute Gasteiger partial charge is 0.360 e. The van der Waals surface area contributed by atoms with E-state index in [0.29, 0.717) is 22.2 Å². The Hall–Kier alpha value is -1.97. The van der Waals surface area contributed by atoms with Crippen LogP contribution in [0.3, 0.4) is 0 Å². The molecular weight excluding hydrogens is 319 g/mol. The number of benzene rings is 2. The molecular formula is C17H14Cl2N2O. The monoisotopic (exact) mass is 332 g/mol. The first-order chi connectivity index (χ1) is 10.6. The molecule has 1 amide bonds. The van der Waals surface area contributed by atoms with Crippen LogP contribution in [0.1, 0.15) is 15.9 Å². The van der Waals surface area contributed by atoms with Gasteiger partial charge in [-0.1, -0.05) is 41.4 Å². The van der Waals surface area contributed by atoms with Gasteiger partial charge >= 0.3 is 0 Å². The third-order valence-electron chi connectivity index (χ3n) is 3.48. The molecule has 0 radical (unpaired) electrons. The third-order valence-corrected chi connectivity index (χ3v) is 3.95. The van der Waals surface area contributed by atoms with E-state index in [2.05, 4.69) is 10.3 Å². The maximum atomic E-state index is 12.3. The molecule has 0 saturated heterocycles. The van der Waals surface area contributed by atoms with Crippen LogP contribution in [0.4, 0.5) is 0 Å². The second kappa shape index (κ2) is 6.42. The molecule has 0 aliphatic carbocycles. The fraction of sp³-hybridized carbons (Fsp3) is 0.118. The maximum absolute atomic E-state index is 12.3. The number of halogens is 2. The molecule has 3 nitrogen and oxygen atoms in total. The Morgan fingerprint density at radius 1 is 1.09 bits per heavy atom. The Bertz CT molecular complexity index is 826. The van der Waals surface area contributed by atoms with Gasteiger partial charge < -0.3 is 10.3 Å². The average molecular weight is 333 g/mol. The first-order valence-corrected chi connectivity index (χ1v) is 7.68. The molecule has 0 fully saturated rings. The Kier molecular flexibility index (Phi) is 4.36. The molecule has 2 aromatic carbocycles. The predicted octanol–water partition coefficient (Wildman–Crippen LogP) is 4.45. The SMILES string of the molecule is O=C(NCCc1cccc(Cl)c1)c1c[nH]c2cc(Cl)ccc12. The van der Waals surface area contributed by atoms with Crippen molar-refractivity contribution < 1.29 is 4.79 Å². The molecule has 0 spiro atoms. The summed E-state index contributed by atoms with van der Waals surface area (Å²) in [5.41, 5.74) is 2.57. The zero-order valence-corrected chi connectivity index (χ0v) is 13.2. The van der Waals surface area contributed by atoms with E-state index in [1.165, 1.54) is 0 Å². The van der Waals surface area contributed by atoms with E-state index >= 15 is 0 Å². The molecule has 0 aliphatic rings. The van der Waals surface area contributed by atoms with E-state index in [9.17, 15) is 4.79 Å². The molecule has 1 aromatic heterocycles. The number of carbonyl (C=O) groups is 1. The molecule has 5 heteroatoms. The van der Waals surface area contributed by atoms with Crippen molar-refractivity contribution in [1.29, 1.82) is 0 Å². The van der Waals surface area contributed by atoms with E-state index in [-0.39, 0.29) is 5.91 Å². The number of aromatic amines is 1. The van der Waals surface area contributed by atoms with Crippen LogP contribution < -0.4 is 5.32 Å². The minimum Gasteiger partial charge on any atom is -0.360 e. The molecule has 3 aromatic rings. The van der Waals surface area contributed by atoms with Crippen molar-refractivity contribution in [1.82, 2.24) is 10.3 Å². The summed E-state index contributed by atoms with van der Waals surface area (Å²) in [5, 5.41) is 5.14. The van der Waals surface area contributed by atoms with Gasteiger partial charge in [-0.05, 0) is 36.2 Å². The lowest BCUT2D eigenvalue weighted by Crippen LogP contribution is -2.25. The van der Waals surface area contributed by atoms with Crippen molar-refractivity contribution in [3.63, 3.8) is 0 Å². The van der Waals surface area contributed by atoms with Crippen LogP contribution in [0.15, 0.2) is 48.7 Å². The summed E-state index contributed by atoms with van der Waals surface area (Å²) >= 11 is 11.9. The Morgan fingerprint density at radius 3 is 2.73 bits per heavy atom. The standard InChI is InChI=1S/C17H14Cl2N2O/c18-12-3-1-2-11(8-12)6-7-20-17(22)15-10-21-16-9-13(19)4-5-14(15)16/h1-5,8-10,21H,6-7H2,(H,20,22). The molecule has 0 unspecified atom stereocenters. The highest BCUT2D eigenvalue weighted by atomic mass is 35.5. The highest BCUT2D eigenvalue weighted by Gasteiger charge is 2.11. The summed E-state index contributed by atoms with van der Waals surface area (Å²) in [5.74, 6) is -0.101. The fourth-order valence-corrected chi connectivity index (χ4v) is 2.78. The number of carbonyl (C=O) groups excluding carboxylic acids is 1. The lowest BCUT2D eigenvalue weighted by Gasteiger charge is -2.05. The van der Waals surface area contributed by atoms with Crippen LogP contribution >= 0.6 is 23.2 Å². The van der Waals surface area contributed by atoms with Gasteiger partial charge in [0.25, 0.3) is 5.91 Å². The van der Waals surface area contributed by atoms with Crippen molar-refractivity contribution in [2.24, 2.45) is 0 Å². The fourth-order valence-electron chi connectivity index (χ4n) is 2.39. The highest BCUT2D eigenvalue weighted by molar-refractivity contribution is 6.31. The summed E-state index contributed by atoms with van der Waals surface area (Å²) in [4.78, 5) is 15.3. The number of aromatic nitrogens is 1. The van der Waals surface area contributed by atoms with Crippen LogP contribution in [0.5, 0.6) is 0 Å². The van der Waals surface area contributed by atoms with E-state index < -0.39 is 0 Å². The Labute approximate surface area is 138 Å². The second-order valence-electron chi connectivity index (χ2n) is 5.03. The predicted molar refractivity (Wildman–Crippen MR) is 90.8 cm³/mol. The average Bonchev–Trinajstić information content (AvgIpc) is 2.90. The summed E-state index contributed by atoms with van der Waals surface area (Å²) < 4.78 is 0. The van der Waals surface area contributed by atoms with Crippen LogP contribution in [0.25, 0.3) is 10.9 Å². The number of H-pyrrole nitrogens is 1. The van der Waals surface area contributed by atoms with E-state index in [0.717, 1.165) is 22.9 Å². The van der Waals surface area contributed by atoms with Gasteiger partial charge in [-0.15, -0.1) is 0 Å². The number of amides is 1. The zero-order chi connectivity index (χ0) is 15.5. The normalized spacial score (nSPS) is 10.8. The second-order valence-corrected chi connectivity index (χ2v) is 5.90. The van der Waals surface area contributed by atoms with Crippen molar-refractivity contribution >= 4 is 40.0 Å². The summed E-state index contributed by atoms with van der Waals surface area (Å²) in [7, 11) is 0. The Morgan fingerprint density at radius 2 is 1.91 bits per heavy atom. The van der Waals surface area contributed by atoms with Crippen molar-refractivity contribution in [2.75, 3.05) is 6.54 Å². The molecule has 3 rings (SSSR count). The molecule has 0 aliphatic heterocycles. The zero-order valence-electron chi connectivity index (χ0n) is 11.7. The van der Waals surface area contributed by atoms with E-state index in [1.807, 2.05) is 30.3 Å². The van der Waals surface area contributed by atoms with Gasteiger partial charge in [-0.2, -0.15) is 0 Å². The van der Waals surface area contributed by atoms with Gasteiger partial charge in [0.1, 0.15) is 0 Å². The summed E-state index contributed by atoms with van der Waals surface area (Å²) in [6.07, 6.45) is 2.44. The third kappa shape index (κ3) is 3.26. The van der Waals surface area contributed by atoms with Gasteiger partial charge in [0, 0.05) is 33.7 Å². The van der Waals surface area contributed by atoms with Crippen molar-refractivity contribution in [3.05, 3.63) is 69.8 Å². The molecule has 0 atom stereocenters. The summed E-state index contributed by atoms with van der Waals surface area (Å²) in [6, 6.07) is 13.1. The highest BCUT2D eigenvalue weighted by Crippen LogP contribution is 2.22. The number of nitrogens with one attached hydrogen (secondary N) is 2. The van der Waals surface area contributed by atoms with Crippen molar-refractivity contribution in [3.8, 4) is 0 Å². The quantitative estimate of drug-likeness (QED) is 0.728. The smallest absolute Gasteiger partial charge is 0.253 e. The van der Waals surface area contributed by atoms with Gasteiger partial charge in [-0.3, -0.25) is 4.79 Å². The lowest BCUT2D eigenvalue weighted by molar-refractivity contribution is 0.0956. The first-order valence-electron chi connectivity index (χ1n) is 6.93. The summed E-state index contributed by atoms with van der Waals surface area (Å²) in [6.45, 7) is 0.555. The van der Waals surface area contributed by atoms with Crippen LogP contribution in [-0.2, 0) is 6.42 Å². The van der Waals surface area contributed by atoms with Crippen LogP contribution in [-0.4, -0.2) is 17.4 Å². The number of fused-ring (bicyclic) bond motifs is 1. The maximum Gasteiger partial charge on any atom is 0.253 e. The molecule has 1 heterocycles.